The minimum atomic E-state index is -0.619. The number of nitrogens with zero attached hydrogens (tertiary/aromatic N) is 1. The van der Waals surface area contributed by atoms with Crippen LogP contribution >= 0.6 is 0 Å². The molecule has 3 rings (SSSR count). The van der Waals surface area contributed by atoms with Crippen LogP contribution in [0.3, 0.4) is 0 Å². The van der Waals surface area contributed by atoms with E-state index in [1.165, 1.54) is 12.7 Å². The summed E-state index contributed by atoms with van der Waals surface area (Å²) < 4.78 is 6.72. The van der Waals surface area contributed by atoms with Crippen LogP contribution in [0.2, 0.25) is 0 Å². The summed E-state index contributed by atoms with van der Waals surface area (Å²) in [4.78, 5) is 25.0. The van der Waals surface area contributed by atoms with E-state index in [1.54, 1.807) is 6.20 Å². The van der Waals surface area contributed by atoms with Crippen LogP contribution in [0.25, 0.3) is 16.6 Å². The van der Waals surface area contributed by atoms with E-state index in [-0.39, 0.29) is 11.0 Å². The van der Waals surface area contributed by atoms with Crippen molar-refractivity contribution >= 4 is 16.9 Å². The van der Waals surface area contributed by atoms with Crippen LogP contribution in [0, 0.1) is 13.8 Å². The number of hydrogen-bond acceptors (Lipinski definition) is 3. The van der Waals surface area contributed by atoms with Crippen LogP contribution in [-0.4, -0.2) is 17.6 Å². The number of aromatic nitrogens is 1. The SMILES string of the molecule is CCc1ccc(-n2cc(C(=O)OC)c(=O)c3c(C)ccc(C)c32)cc1. The molecule has 0 fully saturated rings. The van der Waals surface area contributed by atoms with Crippen molar-refractivity contribution in [1.29, 1.82) is 0 Å². The Labute approximate surface area is 146 Å². The summed E-state index contributed by atoms with van der Waals surface area (Å²) >= 11 is 0. The lowest BCUT2D eigenvalue weighted by Gasteiger charge is -2.16. The van der Waals surface area contributed by atoms with Gasteiger partial charge >= 0.3 is 5.97 Å². The Hall–Kier alpha value is -2.88. The Morgan fingerprint density at radius 2 is 1.68 bits per heavy atom. The van der Waals surface area contributed by atoms with Gasteiger partial charge in [0.05, 0.1) is 18.0 Å². The Morgan fingerprint density at radius 1 is 1.04 bits per heavy atom. The van der Waals surface area contributed by atoms with Crippen LogP contribution < -0.4 is 5.43 Å². The highest BCUT2D eigenvalue weighted by Crippen LogP contribution is 2.24. The zero-order valence-corrected chi connectivity index (χ0v) is 14.9. The Bertz CT molecular complexity index is 1010. The molecule has 0 spiro atoms. The van der Waals surface area contributed by atoms with Gasteiger partial charge in [-0.3, -0.25) is 4.79 Å². The van der Waals surface area contributed by atoms with Crippen molar-refractivity contribution in [3.05, 3.63) is 75.1 Å². The summed E-state index contributed by atoms with van der Waals surface area (Å²) in [5.41, 5.74) is 4.54. The van der Waals surface area contributed by atoms with Crippen molar-refractivity contribution in [2.45, 2.75) is 27.2 Å². The third-order valence-corrected chi connectivity index (χ3v) is 4.59. The van der Waals surface area contributed by atoms with Crippen molar-refractivity contribution in [1.82, 2.24) is 4.57 Å². The van der Waals surface area contributed by atoms with E-state index in [1.807, 2.05) is 42.7 Å². The molecule has 128 valence electrons. The molecule has 0 saturated carbocycles. The molecule has 1 aromatic heterocycles. The van der Waals surface area contributed by atoms with Crippen molar-refractivity contribution in [2.75, 3.05) is 7.11 Å². The average Bonchev–Trinajstić information content (AvgIpc) is 2.64. The maximum Gasteiger partial charge on any atom is 0.343 e. The van der Waals surface area contributed by atoms with Gasteiger partial charge in [-0.05, 0) is 49.1 Å². The molecule has 0 amide bonds. The predicted octanol–water partition coefficient (Wildman–Crippen LogP) is 3.96. The van der Waals surface area contributed by atoms with Gasteiger partial charge in [-0.2, -0.15) is 0 Å². The fraction of sp³-hybridized carbons (Fsp3) is 0.238. The van der Waals surface area contributed by atoms with E-state index >= 15 is 0 Å². The number of carbonyl (C=O) groups excluding carboxylic acids is 1. The minimum absolute atomic E-state index is 0.0447. The highest BCUT2D eigenvalue weighted by molar-refractivity contribution is 5.96. The number of pyridine rings is 1. The zero-order valence-electron chi connectivity index (χ0n) is 14.9. The standard InChI is InChI=1S/C21H21NO3/c1-5-15-8-10-16(11-9-15)22-12-17(21(24)25-4)20(23)18-13(2)6-7-14(3)19(18)22/h6-12H,5H2,1-4H3. The van der Waals surface area contributed by atoms with Gasteiger partial charge in [0.25, 0.3) is 0 Å². The molecule has 0 radical (unpaired) electrons. The lowest BCUT2D eigenvalue weighted by atomic mass is 10.0. The first-order chi connectivity index (χ1) is 12.0. The smallest absolute Gasteiger partial charge is 0.343 e. The molecule has 0 aliphatic rings. The molecule has 3 aromatic rings. The van der Waals surface area contributed by atoms with E-state index in [2.05, 4.69) is 19.1 Å². The third-order valence-electron chi connectivity index (χ3n) is 4.59. The van der Waals surface area contributed by atoms with Crippen LogP contribution in [0.4, 0.5) is 0 Å². The first-order valence-electron chi connectivity index (χ1n) is 8.31. The van der Waals surface area contributed by atoms with Gasteiger partial charge < -0.3 is 9.30 Å². The quantitative estimate of drug-likeness (QED) is 0.681. The second-order valence-corrected chi connectivity index (χ2v) is 6.18. The molecule has 0 aliphatic heterocycles. The van der Waals surface area contributed by atoms with Crippen LogP contribution in [0.5, 0.6) is 0 Å². The molecule has 4 nitrogen and oxygen atoms in total. The summed E-state index contributed by atoms with van der Waals surface area (Å²) in [6.07, 6.45) is 2.54. The molecular formula is C21H21NO3. The number of aryl methyl sites for hydroxylation is 3. The molecule has 0 saturated heterocycles. The number of benzene rings is 2. The van der Waals surface area contributed by atoms with E-state index in [9.17, 15) is 9.59 Å². The summed E-state index contributed by atoms with van der Waals surface area (Å²) in [6, 6.07) is 12.0. The molecule has 4 heteroatoms. The van der Waals surface area contributed by atoms with Gasteiger partial charge in [-0.25, -0.2) is 4.79 Å². The van der Waals surface area contributed by atoms with Gasteiger partial charge in [0, 0.05) is 11.9 Å². The Morgan fingerprint density at radius 3 is 2.28 bits per heavy atom. The second-order valence-electron chi connectivity index (χ2n) is 6.18. The van der Waals surface area contributed by atoms with E-state index in [0.29, 0.717) is 5.39 Å². The first-order valence-corrected chi connectivity index (χ1v) is 8.31. The first kappa shape index (κ1) is 17.0. The van der Waals surface area contributed by atoms with Crippen molar-refractivity contribution in [3.63, 3.8) is 0 Å². The predicted molar refractivity (Wildman–Crippen MR) is 99.7 cm³/mol. The Balaban J connectivity index is 2.44. The van der Waals surface area contributed by atoms with Gasteiger partial charge in [0.1, 0.15) is 5.56 Å². The largest absolute Gasteiger partial charge is 0.465 e. The number of rotatable bonds is 3. The normalized spacial score (nSPS) is 10.9. The van der Waals surface area contributed by atoms with Crippen molar-refractivity contribution in [3.8, 4) is 5.69 Å². The van der Waals surface area contributed by atoms with E-state index in [4.69, 9.17) is 4.74 Å². The van der Waals surface area contributed by atoms with Crippen molar-refractivity contribution < 1.29 is 9.53 Å². The van der Waals surface area contributed by atoms with Gasteiger partial charge in [-0.1, -0.05) is 31.2 Å². The zero-order chi connectivity index (χ0) is 18.1. The summed E-state index contributed by atoms with van der Waals surface area (Å²) in [6.45, 7) is 5.96. The van der Waals surface area contributed by atoms with Crippen LogP contribution in [-0.2, 0) is 11.2 Å². The number of hydrogen-bond donors (Lipinski definition) is 0. The van der Waals surface area contributed by atoms with Crippen molar-refractivity contribution in [2.24, 2.45) is 0 Å². The molecule has 0 N–H and O–H groups in total. The molecule has 0 bridgehead atoms. The maximum atomic E-state index is 12.9. The average molecular weight is 335 g/mol. The summed E-state index contributed by atoms with van der Waals surface area (Å²) in [5, 5.41) is 0.558. The van der Waals surface area contributed by atoms with Crippen LogP contribution in [0.1, 0.15) is 34.0 Å². The highest BCUT2D eigenvalue weighted by Gasteiger charge is 2.19. The fourth-order valence-electron chi connectivity index (χ4n) is 3.13. The lowest BCUT2D eigenvalue weighted by Crippen LogP contribution is -2.20. The lowest BCUT2D eigenvalue weighted by molar-refractivity contribution is 0.0599. The topological polar surface area (TPSA) is 48.3 Å². The monoisotopic (exact) mass is 335 g/mol. The highest BCUT2D eigenvalue weighted by atomic mass is 16.5. The van der Waals surface area contributed by atoms with Gasteiger partial charge in [-0.15, -0.1) is 0 Å². The number of carbonyl (C=O) groups is 1. The molecule has 1 heterocycles. The van der Waals surface area contributed by atoms with Gasteiger partial charge in [0.2, 0.25) is 5.43 Å². The molecule has 2 aromatic carbocycles. The summed E-state index contributed by atoms with van der Waals surface area (Å²) in [5.74, 6) is -0.619. The van der Waals surface area contributed by atoms with E-state index in [0.717, 1.165) is 28.8 Å². The third kappa shape index (κ3) is 2.84. The summed E-state index contributed by atoms with van der Waals surface area (Å²) in [7, 11) is 1.29. The number of esters is 1. The molecular weight excluding hydrogens is 314 g/mol. The Kier molecular flexibility index (Phi) is 4.45. The second kappa shape index (κ2) is 6.55. The molecule has 0 unspecified atom stereocenters. The van der Waals surface area contributed by atoms with Gasteiger partial charge in [0.15, 0.2) is 0 Å². The fourth-order valence-corrected chi connectivity index (χ4v) is 3.13. The molecule has 0 aliphatic carbocycles. The number of ether oxygens (including phenoxy) is 1. The van der Waals surface area contributed by atoms with E-state index < -0.39 is 5.97 Å². The molecule has 0 atom stereocenters. The van der Waals surface area contributed by atoms with Crippen LogP contribution in [0.15, 0.2) is 47.4 Å². The molecule has 25 heavy (non-hydrogen) atoms. The number of methoxy groups -OCH3 is 1. The number of fused-ring (bicyclic) bond motifs is 1. The minimum Gasteiger partial charge on any atom is -0.465 e. The maximum absolute atomic E-state index is 12.9.